The molecule has 0 bridgehead atoms. The number of imidazole rings is 1. The molecule has 0 aliphatic heterocycles. The number of thiazole rings is 1. The summed E-state index contributed by atoms with van der Waals surface area (Å²) in [6, 6.07) is 21.6. The summed E-state index contributed by atoms with van der Waals surface area (Å²) >= 11 is 1.38. The van der Waals surface area contributed by atoms with Crippen molar-refractivity contribution in [3.63, 3.8) is 0 Å². The van der Waals surface area contributed by atoms with Crippen LogP contribution in [0.25, 0.3) is 22.1 Å². The average molecular weight is 429 g/mol. The van der Waals surface area contributed by atoms with Gasteiger partial charge in [-0.1, -0.05) is 59.4 Å². The molecule has 0 aliphatic rings. The SMILES string of the molecule is COc1cc(/C=c2/sc3nc4ccccc4n3c2=O)ccc1OCc1cccc(C)c1. The first-order valence-corrected chi connectivity index (χ1v) is 10.7. The van der Waals surface area contributed by atoms with Crippen molar-refractivity contribution in [2.75, 3.05) is 7.11 Å². The molecule has 0 spiro atoms. The van der Waals surface area contributed by atoms with Gasteiger partial charge in [0.05, 0.1) is 22.7 Å². The van der Waals surface area contributed by atoms with Crippen molar-refractivity contribution in [3.05, 3.63) is 98.3 Å². The van der Waals surface area contributed by atoms with E-state index in [0.29, 0.717) is 27.6 Å². The van der Waals surface area contributed by atoms with Gasteiger partial charge in [0.25, 0.3) is 5.56 Å². The van der Waals surface area contributed by atoms with Gasteiger partial charge in [0.2, 0.25) is 0 Å². The quantitative estimate of drug-likeness (QED) is 0.418. The number of nitrogens with zero attached hydrogens (tertiary/aromatic N) is 2. The van der Waals surface area contributed by atoms with E-state index in [4.69, 9.17) is 9.47 Å². The third kappa shape index (κ3) is 3.66. The number of benzene rings is 3. The van der Waals surface area contributed by atoms with Crippen LogP contribution < -0.4 is 19.6 Å². The van der Waals surface area contributed by atoms with Crippen LogP contribution in [0.3, 0.4) is 0 Å². The molecule has 0 N–H and O–H groups in total. The van der Waals surface area contributed by atoms with E-state index >= 15 is 0 Å². The van der Waals surface area contributed by atoms with E-state index in [1.807, 2.05) is 60.7 Å². The number of aromatic nitrogens is 2. The fourth-order valence-electron chi connectivity index (χ4n) is 3.62. The summed E-state index contributed by atoms with van der Waals surface area (Å²) in [5, 5.41) is 0. The second-order valence-electron chi connectivity index (χ2n) is 7.32. The van der Waals surface area contributed by atoms with Gasteiger partial charge in [-0.3, -0.25) is 4.79 Å². The molecule has 6 heteroatoms. The molecule has 0 atom stereocenters. The van der Waals surface area contributed by atoms with Gasteiger partial charge in [-0.15, -0.1) is 0 Å². The molecule has 0 unspecified atom stereocenters. The summed E-state index contributed by atoms with van der Waals surface area (Å²) in [5.74, 6) is 1.29. The maximum atomic E-state index is 13.0. The Bertz CT molecular complexity index is 1520. The molecule has 154 valence electrons. The van der Waals surface area contributed by atoms with Crippen LogP contribution in [0.4, 0.5) is 0 Å². The first-order valence-electron chi connectivity index (χ1n) is 9.90. The molecule has 0 aliphatic carbocycles. The standard InChI is InChI=1S/C25H20N2O3S/c1-16-6-5-7-18(12-16)15-30-21-11-10-17(13-22(21)29-2)14-23-24(28)27-20-9-4-3-8-19(20)26-25(27)31-23/h3-14H,15H2,1-2H3/b23-14+. The number of rotatable bonds is 5. The Morgan fingerprint density at radius 1 is 1.03 bits per heavy atom. The summed E-state index contributed by atoms with van der Waals surface area (Å²) in [6.45, 7) is 2.52. The number of fused-ring (bicyclic) bond motifs is 3. The van der Waals surface area contributed by atoms with Crippen molar-refractivity contribution >= 4 is 33.4 Å². The van der Waals surface area contributed by atoms with Gasteiger partial charge in [0.15, 0.2) is 16.5 Å². The highest BCUT2D eigenvalue weighted by molar-refractivity contribution is 7.15. The zero-order valence-corrected chi connectivity index (χ0v) is 18.0. The van der Waals surface area contributed by atoms with E-state index in [0.717, 1.165) is 22.2 Å². The van der Waals surface area contributed by atoms with Crippen LogP contribution in [0.15, 0.2) is 71.5 Å². The van der Waals surface area contributed by atoms with E-state index in [2.05, 4.69) is 24.0 Å². The van der Waals surface area contributed by atoms with Crippen LogP contribution in [0.2, 0.25) is 0 Å². The normalized spacial score (nSPS) is 12.0. The Kier molecular flexibility index (Phi) is 4.92. The summed E-state index contributed by atoms with van der Waals surface area (Å²) < 4.78 is 13.8. The largest absolute Gasteiger partial charge is 0.493 e. The maximum absolute atomic E-state index is 13.0. The molecule has 0 radical (unpaired) electrons. The van der Waals surface area contributed by atoms with Crippen molar-refractivity contribution in [1.29, 1.82) is 0 Å². The second kappa shape index (κ2) is 7.89. The first kappa shape index (κ1) is 19.3. The van der Waals surface area contributed by atoms with E-state index in [1.54, 1.807) is 11.5 Å². The van der Waals surface area contributed by atoms with Crippen molar-refractivity contribution in [3.8, 4) is 11.5 Å². The Morgan fingerprint density at radius 2 is 1.90 bits per heavy atom. The lowest BCUT2D eigenvalue weighted by atomic mass is 10.1. The van der Waals surface area contributed by atoms with Crippen LogP contribution in [0.5, 0.6) is 11.5 Å². The smallest absolute Gasteiger partial charge is 0.274 e. The van der Waals surface area contributed by atoms with Gasteiger partial charge in [0.1, 0.15) is 6.61 Å². The number of aryl methyl sites for hydroxylation is 1. The molecule has 0 saturated heterocycles. The predicted octanol–water partition coefficient (Wildman–Crippen LogP) is 4.35. The summed E-state index contributed by atoms with van der Waals surface area (Å²) in [6.07, 6.45) is 1.86. The summed E-state index contributed by atoms with van der Waals surface area (Å²) in [5.41, 5.74) is 4.76. The van der Waals surface area contributed by atoms with Gasteiger partial charge in [-0.25, -0.2) is 9.38 Å². The molecule has 2 aromatic heterocycles. The Labute approximate surface area is 182 Å². The van der Waals surface area contributed by atoms with Crippen LogP contribution in [0.1, 0.15) is 16.7 Å². The molecule has 5 nitrogen and oxygen atoms in total. The molecule has 0 fully saturated rings. The number of hydrogen-bond donors (Lipinski definition) is 0. The zero-order valence-electron chi connectivity index (χ0n) is 17.2. The highest BCUT2D eigenvalue weighted by Crippen LogP contribution is 2.29. The number of para-hydroxylation sites is 2. The minimum atomic E-state index is -0.0626. The van der Waals surface area contributed by atoms with Crippen molar-refractivity contribution in [2.24, 2.45) is 0 Å². The van der Waals surface area contributed by atoms with Crippen LogP contribution in [0, 0.1) is 6.92 Å². The third-order valence-electron chi connectivity index (χ3n) is 5.11. The van der Waals surface area contributed by atoms with Gasteiger partial charge >= 0.3 is 0 Å². The van der Waals surface area contributed by atoms with Crippen molar-refractivity contribution < 1.29 is 9.47 Å². The van der Waals surface area contributed by atoms with Crippen LogP contribution in [-0.4, -0.2) is 16.5 Å². The van der Waals surface area contributed by atoms with Gasteiger partial charge in [-0.2, -0.15) is 0 Å². The molecular weight excluding hydrogens is 408 g/mol. The highest BCUT2D eigenvalue weighted by atomic mass is 32.1. The van der Waals surface area contributed by atoms with Gasteiger partial charge in [0, 0.05) is 0 Å². The topological polar surface area (TPSA) is 52.8 Å². The van der Waals surface area contributed by atoms with Crippen LogP contribution in [-0.2, 0) is 6.61 Å². The van der Waals surface area contributed by atoms with E-state index in [-0.39, 0.29) is 5.56 Å². The summed E-state index contributed by atoms with van der Waals surface area (Å²) in [4.78, 5) is 18.2. The van der Waals surface area contributed by atoms with E-state index in [1.165, 1.54) is 16.9 Å². The predicted molar refractivity (Wildman–Crippen MR) is 124 cm³/mol. The average Bonchev–Trinajstić information content (AvgIpc) is 3.29. The van der Waals surface area contributed by atoms with E-state index in [9.17, 15) is 4.79 Å². The zero-order chi connectivity index (χ0) is 21.4. The minimum absolute atomic E-state index is 0.0626. The highest BCUT2D eigenvalue weighted by Gasteiger charge is 2.11. The molecule has 5 aromatic rings. The maximum Gasteiger partial charge on any atom is 0.274 e. The molecule has 31 heavy (non-hydrogen) atoms. The molecular formula is C25H20N2O3S. The molecule has 3 aromatic carbocycles. The molecule has 5 rings (SSSR count). The Balaban J connectivity index is 1.47. The molecule has 0 saturated carbocycles. The number of ether oxygens (including phenoxy) is 2. The fourth-order valence-corrected chi connectivity index (χ4v) is 4.61. The Morgan fingerprint density at radius 3 is 2.74 bits per heavy atom. The lowest BCUT2D eigenvalue weighted by molar-refractivity contribution is 0.284. The van der Waals surface area contributed by atoms with Crippen LogP contribution >= 0.6 is 11.3 Å². The third-order valence-corrected chi connectivity index (χ3v) is 6.08. The lowest BCUT2D eigenvalue weighted by Gasteiger charge is -2.11. The van der Waals surface area contributed by atoms with Crippen molar-refractivity contribution in [1.82, 2.24) is 9.38 Å². The monoisotopic (exact) mass is 428 g/mol. The Hall–Kier alpha value is -3.64. The number of methoxy groups -OCH3 is 1. The second-order valence-corrected chi connectivity index (χ2v) is 8.33. The minimum Gasteiger partial charge on any atom is -0.493 e. The van der Waals surface area contributed by atoms with Gasteiger partial charge < -0.3 is 9.47 Å². The van der Waals surface area contributed by atoms with Crippen molar-refractivity contribution in [2.45, 2.75) is 13.5 Å². The molecule has 2 heterocycles. The fraction of sp³-hybridized carbons (Fsp3) is 0.120. The summed E-state index contributed by atoms with van der Waals surface area (Å²) in [7, 11) is 1.61. The van der Waals surface area contributed by atoms with E-state index < -0.39 is 0 Å². The lowest BCUT2D eigenvalue weighted by Crippen LogP contribution is -2.22. The first-order chi connectivity index (χ1) is 15.1. The van der Waals surface area contributed by atoms with Gasteiger partial charge in [-0.05, 0) is 48.4 Å². The number of hydrogen-bond acceptors (Lipinski definition) is 5. The molecule has 0 amide bonds.